The largest absolute Gasteiger partial charge is 0.508 e. The van der Waals surface area contributed by atoms with E-state index in [1.807, 2.05) is 24.4 Å². The molecule has 0 bridgehead atoms. The number of aliphatic hydroxyl groups excluding tert-OH is 1. The van der Waals surface area contributed by atoms with E-state index in [4.69, 9.17) is 0 Å². The van der Waals surface area contributed by atoms with Crippen molar-refractivity contribution in [1.29, 1.82) is 0 Å². The molecule has 0 saturated heterocycles. The van der Waals surface area contributed by atoms with Gasteiger partial charge in [0.15, 0.2) is 0 Å². The molecule has 0 aliphatic carbocycles. The number of carbonyl (C=O) groups is 1. The smallest absolute Gasteiger partial charge is 0.227 e. The highest BCUT2D eigenvalue weighted by atomic mass is 32.1. The van der Waals surface area contributed by atoms with E-state index in [0.717, 1.165) is 10.4 Å². The summed E-state index contributed by atoms with van der Waals surface area (Å²) in [4.78, 5) is 15.5. The molecule has 1 amide bonds. The molecule has 0 aliphatic rings. The Morgan fingerprint density at radius 3 is 2.55 bits per heavy atom. The van der Waals surface area contributed by atoms with Crippen LogP contribution < -0.4 is 0 Å². The number of amides is 1. The van der Waals surface area contributed by atoms with Gasteiger partial charge in [-0.2, -0.15) is 0 Å². The molecule has 2 rings (SSSR count). The summed E-state index contributed by atoms with van der Waals surface area (Å²) in [6.45, 7) is 2.45. The molecular formula is C17H21NO3S. The van der Waals surface area contributed by atoms with Gasteiger partial charge in [0.2, 0.25) is 5.91 Å². The number of phenols is 1. The van der Waals surface area contributed by atoms with Crippen LogP contribution in [0.25, 0.3) is 0 Å². The second-order valence-corrected chi connectivity index (χ2v) is 6.22. The third kappa shape index (κ3) is 4.32. The molecule has 0 radical (unpaired) electrons. The summed E-state index contributed by atoms with van der Waals surface area (Å²) in [6.07, 6.45) is 0.978. The number of aromatic hydroxyl groups is 1. The SMILES string of the molecule is CC[C@H](CO)N(Cc1cccs1)C(=O)Cc1ccc(O)cc1. The van der Waals surface area contributed by atoms with E-state index in [-0.39, 0.29) is 30.7 Å². The molecule has 0 unspecified atom stereocenters. The number of hydrogen-bond acceptors (Lipinski definition) is 4. The van der Waals surface area contributed by atoms with Crippen molar-refractivity contribution in [2.75, 3.05) is 6.61 Å². The standard InChI is InChI=1S/C17H21NO3S/c1-2-14(12-19)18(11-16-4-3-9-22-16)17(21)10-13-5-7-15(20)8-6-13/h3-9,14,19-20H,2,10-12H2,1H3/t14-/m1/s1. The van der Waals surface area contributed by atoms with E-state index >= 15 is 0 Å². The van der Waals surface area contributed by atoms with Gasteiger partial charge in [0.05, 0.1) is 25.6 Å². The third-order valence-corrected chi connectivity index (χ3v) is 4.50. The van der Waals surface area contributed by atoms with Crippen LogP contribution >= 0.6 is 11.3 Å². The Balaban J connectivity index is 2.12. The Labute approximate surface area is 134 Å². The summed E-state index contributed by atoms with van der Waals surface area (Å²) >= 11 is 1.61. The molecule has 0 aliphatic heterocycles. The molecule has 1 aromatic heterocycles. The van der Waals surface area contributed by atoms with Gasteiger partial charge < -0.3 is 15.1 Å². The first-order chi connectivity index (χ1) is 10.6. The zero-order valence-electron chi connectivity index (χ0n) is 12.6. The van der Waals surface area contributed by atoms with Gasteiger partial charge in [-0.25, -0.2) is 0 Å². The van der Waals surface area contributed by atoms with Crippen LogP contribution in [0.5, 0.6) is 5.75 Å². The molecule has 2 aromatic rings. The Morgan fingerprint density at radius 2 is 2.00 bits per heavy atom. The quantitative estimate of drug-likeness (QED) is 0.825. The molecular weight excluding hydrogens is 298 g/mol. The van der Waals surface area contributed by atoms with Crippen molar-refractivity contribution in [2.24, 2.45) is 0 Å². The van der Waals surface area contributed by atoms with Gasteiger partial charge in [-0.3, -0.25) is 4.79 Å². The van der Waals surface area contributed by atoms with E-state index < -0.39 is 0 Å². The van der Waals surface area contributed by atoms with Gasteiger partial charge >= 0.3 is 0 Å². The molecule has 0 saturated carbocycles. The lowest BCUT2D eigenvalue weighted by atomic mass is 10.1. The lowest BCUT2D eigenvalue weighted by Crippen LogP contribution is -2.42. The van der Waals surface area contributed by atoms with Crippen molar-refractivity contribution in [3.63, 3.8) is 0 Å². The van der Waals surface area contributed by atoms with Gasteiger partial charge in [-0.1, -0.05) is 25.1 Å². The van der Waals surface area contributed by atoms with Crippen molar-refractivity contribution >= 4 is 17.2 Å². The first-order valence-electron chi connectivity index (χ1n) is 7.34. The molecule has 118 valence electrons. The normalized spacial score (nSPS) is 12.1. The molecule has 1 heterocycles. The average molecular weight is 319 g/mol. The minimum atomic E-state index is -0.174. The van der Waals surface area contributed by atoms with Crippen LogP contribution in [0.4, 0.5) is 0 Å². The van der Waals surface area contributed by atoms with Crippen molar-refractivity contribution < 1.29 is 15.0 Å². The number of rotatable bonds is 7. The molecule has 1 aromatic carbocycles. The van der Waals surface area contributed by atoms with Crippen LogP contribution in [-0.4, -0.2) is 33.7 Å². The topological polar surface area (TPSA) is 60.8 Å². The van der Waals surface area contributed by atoms with Gasteiger partial charge in [-0.15, -0.1) is 11.3 Å². The van der Waals surface area contributed by atoms with E-state index in [9.17, 15) is 15.0 Å². The van der Waals surface area contributed by atoms with Crippen LogP contribution in [-0.2, 0) is 17.8 Å². The summed E-state index contributed by atoms with van der Waals surface area (Å²) in [5, 5.41) is 20.8. The molecule has 5 heteroatoms. The molecule has 4 nitrogen and oxygen atoms in total. The molecule has 1 atom stereocenters. The van der Waals surface area contributed by atoms with Crippen molar-refractivity contribution in [3.8, 4) is 5.75 Å². The van der Waals surface area contributed by atoms with Gasteiger partial charge in [0.1, 0.15) is 5.75 Å². The number of carbonyl (C=O) groups excluding carboxylic acids is 1. The van der Waals surface area contributed by atoms with Crippen LogP contribution in [0.3, 0.4) is 0 Å². The van der Waals surface area contributed by atoms with Crippen LogP contribution in [0, 0.1) is 0 Å². The monoisotopic (exact) mass is 319 g/mol. The second kappa shape index (κ2) is 7.96. The van der Waals surface area contributed by atoms with E-state index in [0.29, 0.717) is 13.0 Å². The fraction of sp³-hybridized carbons (Fsp3) is 0.353. The minimum absolute atomic E-state index is 0.0139. The number of benzene rings is 1. The first kappa shape index (κ1) is 16.5. The highest BCUT2D eigenvalue weighted by molar-refractivity contribution is 7.09. The first-order valence-corrected chi connectivity index (χ1v) is 8.22. The maximum Gasteiger partial charge on any atom is 0.227 e. The molecule has 2 N–H and O–H groups in total. The van der Waals surface area contributed by atoms with Crippen LogP contribution in [0.1, 0.15) is 23.8 Å². The Hall–Kier alpha value is -1.85. The van der Waals surface area contributed by atoms with E-state index in [1.54, 1.807) is 40.5 Å². The summed E-state index contributed by atoms with van der Waals surface area (Å²) in [5.74, 6) is 0.174. The Morgan fingerprint density at radius 1 is 1.27 bits per heavy atom. The molecule has 22 heavy (non-hydrogen) atoms. The van der Waals surface area contributed by atoms with E-state index in [1.165, 1.54) is 0 Å². The average Bonchev–Trinajstić information content (AvgIpc) is 3.03. The third-order valence-electron chi connectivity index (χ3n) is 3.64. The van der Waals surface area contributed by atoms with Gasteiger partial charge in [-0.05, 0) is 35.6 Å². The summed E-state index contributed by atoms with van der Waals surface area (Å²) in [6, 6.07) is 10.4. The predicted octanol–water partition coefficient (Wildman–Crippen LogP) is 2.80. The zero-order valence-corrected chi connectivity index (χ0v) is 13.4. The molecule has 0 spiro atoms. The lowest BCUT2D eigenvalue weighted by Gasteiger charge is -2.29. The van der Waals surface area contributed by atoms with Crippen molar-refractivity contribution in [1.82, 2.24) is 4.90 Å². The number of hydrogen-bond donors (Lipinski definition) is 2. The fourth-order valence-corrected chi connectivity index (χ4v) is 3.03. The number of nitrogens with zero attached hydrogens (tertiary/aromatic N) is 1. The Kier molecular flexibility index (Phi) is 5.98. The minimum Gasteiger partial charge on any atom is -0.508 e. The maximum atomic E-state index is 12.6. The Bertz CT molecular complexity index is 576. The maximum absolute atomic E-state index is 12.6. The number of phenolic OH excluding ortho intramolecular Hbond substituents is 1. The lowest BCUT2D eigenvalue weighted by molar-refractivity contribution is -0.134. The highest BCUT2D eigenvalue weighted by Crippen LogP contribution is 2.18. The van der Waals surface area contributed by atoms with E-state index in [2.05, 4.69) is 0 Å². The summed E-state index contributed by atoms with van der Waals surface area (Å²) in [5.41, 5.74) is 0.853. The molecule has 0 fully saturated rings. The summed E-state index contributed by atoms with van der Waals surface area (Å²) < 4.78 is 0. The van der Waals surface area contributed by atoms with Gasteiger partial charge in [0.25, 0.3) is 0 Å². The fourth-order valence-electron chi connectivity index (χ4n) is 2.33. The highest BCUT2D eigenvalue weighted by Gasteiger charge is 2.22. The second-order valence-electron chi connectivity index (χ2n) is 5.19. The van der Waals surface area contributed by atoms with Crippen molar-refractivity contribution in [3.05, 3.63) is 52.2 Å². The van der Waals surface area contributed by atoms with Gasteiger partial charge in [0, 0.05) is 4.88 Å². The number of thiophene rings is 1. The zero-order chi connectivity index (χ0) is 15.9. The summed E-state index contributed by atoms with van der Waals surface area (Å²) in [7, 11) is 0. The number of aliphatic hydroxyl groups is 1. The van der Waals surface area contributed by atoms with Crippen LogP contribution in [0.15, 0.2) is 41.8 Å². The van der Waals surface area contributed by atoms with Crippen LogP contribution in [0.2, 0.25) is 0 Å². The van der Waals surface area contributed by atoms with Crippen molar-refractivity contribution in [2.45, 2.75) is 32.4 Å². The predicted molar refractivity (Wildman–Crippen MR) is 87.8 cm³/mol.